The number of hydrogen-bond acceptors (Lipinski definition) is 5. The zero-order chi connectivity index (χ0) is 22.2. The molecule has 32 heavy (non-hydrogen) atoms. The summed E-state index contributed by atoms with van der Waals surface area (Å²) in [6.45, 7) is 0.303. The van der Waals surface area contributed by atoms with Crippen molar-refractivity contribution in [1.82, 2.24) is 4.90 Å². The van der Waals surface area contributed by atoms with E-state index in [2.05, 4.69) is 5.32 Å². The molecule has 0 bridgehead atoms. The summed E-state index contributed by atoms with van der Waals surface area (Å²) >= 11 is 1.42. The number of carbonyl (C=O) groups excluding carboxylic acids is 3. The SMILES string of the molecule is NC(=O)c1c(NC(=O)C2Cc3ccccc3CN2C(=O)c2ccco2)sc2c1CCCC2. The second kappa shape index (κ2) is 8.27. The van der Waals surface area contributed by atoms with Gasteiger partial charge in [0.05, 0.1) is 11.8 Å². The van der Waals surface area contributed by atoms with E-state index in [0.717, 1.165) is 47.3 Å². The maximum Gasteiger partial charge on any atom is 0.290 e. The lowest BCUT2D eigenvalue weighted by Crippen LogP contribution is -2.50. The number of carbonyl (C=O) groups is 3. The van der Waals surface area contributed by atoms with Crippen molar-refractivity contribution in [2.24, 2.45) is 5.73 Å². The van der Waals surface area contributed by atoms with E-state index in [0.29, 0.717) is 23.5 Å². The normalized spacial score (nSPS) is 17.4. The molecular formula is C24H23N3O4S. The van der Waals surface area contributed by atoms with Crippen LogP contribution in [0.15, 0.2) is 47.1 Å². The third-order valence-electron chi connectivity index (χ3n) is 6.20. The lowest BCUT2D eigenvalue weighted by molar-refractivity contribution is -0.121. The zero-order valence-corrected chi connectivity index (χ0v) is 18.2. The standard InChI is InChI=1S/C24H23N3O4S/c25-21(28)20-16-8-3-4-10-19(16)32-23(20)26-22(29)17-12-14-6-1-2-7-15(14)13-27(17)24(30)18-9-5-11-31-18/h1-2,5-7,9,11,17H,3-4,8,10,12-13H2,(H2,25,28)(H,26,29). The van der Waals surface area contributed by atoms with Crippen LogP contribution in [0.1, 0.15) is 55.3 Å². The summed E-state index contributed by atoms with van der Waals surface area (Å²) in [4.78, 5) is 41.5. The van der Waals surface area contributed by atoms with Gasteiger partial charge in [0.25, 0.3) is 11.8 Å². The van der Waals surface area contributed by atoms with Gasteiger partial charge in [-0.1, -0.05) is 24.3 Å². The number of benzene rings is 1. The van der Waals surface area contributed by atoms with Crippen molar-refractivity contribution in [3.05, 3.63) is 75.6 Å². The largest absolute Gasteiger partial charge is 0.459 e. The molecule has 164 valence electrons. The summed E-state index contributed by atoms with van der Waals surface area (Å²) < 4.78 is 5.31. The minimum absolute atomic E-state index is 0.187. The highest BCUT2D eigenvalue weighted by Gasteiger charge is 2.37. The maximum atomic E-state index is 13.5. The number of hydrogen-bond donors (Lipinski definition) is 2. The average molecular weight is 450 g/mol. The molecule has 1 aliphatic carbocycles. The van der Waals surface area contributed by atoms with Gasteiger partial charge >= 0.3 is 0 Å². The van der Waals surface area contributed by atoms with Gasteiger partial charge in [-0.3, -0.25) is 14.4 Å². The lowest BCUT2D eigenvalue weighted by Gasteiger charge is -2.35. The van der Waals surface area contributed by atoms with Crippen LogP contribution >= 0.6 is 11.3 Å². The summed E-state index contributed by atoms with van der Waals surface area (Å²) in [6.07, 6.45) is 5.56. The monoisotopic (exact) mass is 449 g/mol. The van der Waals surface area contributed by atoms with E-state index >= 15 is 0 Å². The first kappa shape index (κ1) is 20.5. The molecule has 0 spiro atoms. The van der Waals surface area contributed by atoms with E-state index in [1.165, 1.54) is 22.5 Å². The van der Waals surface area contributed by atoms with Crippen LogP contribution in [0.2, 0.25) is 0 Å². The molecule has 2 aliphatic rings. The van der Waals surface area contributed by atoms with Gasteiger partial charge in [-0.25, -0.2) is 0 Å². The van der Waals surface area contributed by atoms with Crippen LogP contribution in [0.4, 0.5) is 5.00 Å². The molecule has 1 aliphatic heterocycles. The first-order valence-corrected chi connectivity index (χ1v) is 11.5. The maximum absolute atomic E-state index is 13.5. The summed E-state index contributed by atoms with van der Waals surface area (Å²) in [7, 11) is 0. The number of primary amides is 1. The van der Waals surface area contributed by atoms with Crippen molar-refractivity contribution < 1.29 is 18.8 Å². The molecule has 0 saturated heterocycles. The summed E-state index contributed by atoms with van der Waals surface area (Å²) in [5.41, 5.74) is 9.08. The van der Waals surface area contributed by atoms with Crippen LogP contribution in [0.25, 0.3) is 0 Å². The first-order valence-electron chi connectivity index (χ1n) is 10.7. The Bertz CT molecular complexity index is 1200. The Balaban J connectivity index is 1.48. The molecule has 0 radical (unpaired) electrons. The number of aryl methyl sites for hydroxylation is 1. The number of fused-ring (bicyclic) bond motifs is 2. The molecular weight excluding hydrogens is 426 g/mol. The van der Waals surface area contributed by atoms with Gasteiger partial charge in [0, 0.05) is 17.8 Å². The van der Waals surface area contributed by atoms with E-state index in [-0.39, 0.29) is 17.6 Å². The molecule has 5 rings (SSSR count). The molecule has 8 heteroatoms. The number of amides is 3. The van der Waals surface area contributed by atoms with Crippen LogP contribution in [-0.2, 0) is 30.6 Å². The van der Waals surface area contributed by atoms with Gasteiger partial charge in [-0.05, 0) is 54.5 Å². The quantitative estimate of drug-likeness (QED) is 0.636. The van der Waals surface area contributed by atoms with Crippen LogP contribution in [0.3, 0.4) is 0 Å². The Hall–Kier alpha value is -3.39. The highest BCUT2D eigenvalue weighted by molar-refractivity contribution is 7.17. The van der Waals surface area contributed by atoms with Crippen molar-refractivity contribution in [2.45, 2.75) is 44.7 Å². The Morgan fingerprint density at radius 3 is 2.59 bits per heavy atom. The van der Waals surface area contributed by atoms with E-state index in [9.17, 15) is 14.4 Å². The Morgan fingerprint density at radius 1 is 1.06 bits per heavy atom. The number of furan rings is 1. The molecule has 1 atom stereocenters. The minimum Gasteiger partial charge on any atom is -0.459 e. The Labute approximate surface area is 189 Å². The summed E-state index contributed by atoms with van der Waals surface area (Å²) in [6, 6.07) is 10.3. The fourth-order valence-electron chi connectivity index (χ4n) is 4.62. The highest BCUT2D eigenvalue weighted by Crippen LogP contribution is 2.38. The molecule has 1 aromatic carbocycles. The molecule has 3 aromatic rings. The number of nitrogens with zero attached hydrogens (tertiary/aromatic N) is 1. The molecule has 3 heterocycles. The van der Waals surface area contributed by atoms with Crippen LogP contribution in [0, 0.1) is 0 Å². The average Bonchev–Trinajstić information content (AvgIpc) is 3.45. The molecule has 3 amide bonds. The summed E-state index contributed by atoms with van der Waals surface area (Å²) in [5, 5.41) is 3.42. The number of nitrogens with one attached hydrogen (secondary N) is 1. The molecule has 1 unspecified atom stereocenters. The van der Waals surface area contributed by atoms with E-state index in [1.54, 1.807) is 12.1 Å². The second-order valence-corrected chi connectivity index (χ2v) is 9.27. The predicted octanol–water partition coefficient (Wildman–Crippen LogP) is 3.52. The van der Waals surface area contributed by atoms with Gasteiger partial charge in [0.2, 0.25) is 5.91 Å². The number of thiophene rings is 1. The van der Waals surface area contributed by atoms with E-state index in [4.69, 9.17) is 10.2 Å². The van der Waals surface area contributed by atoms with E-state index in [1.807, 2.05) is 24.3 Å². The van der Waals surface area contributed by atoms with Crippen LogP contribution in [0.5, 0.6) is 0 Å². The first-order chi connectivity index (χ1) is 15.5. The number of rotatable bonds is 4. The van der Waals surface area contributed by atoms with Crippen LogP contribution < -0.4 is 11.1 Å². The topological polar surface area (TPSA) is 106 Å². The molecule has 2 aromatic heterocycles. The van der Waals surface area contributed by atoms with Gasteiger partial charge in [0.1, 0.15) is 11.0 Å². The van der Waals surface area contributed by atoms with Crippen molar-refractivity contribution >= 4 is 34.1 Å². The minimum atomic E-state index is -0.734. The third-order valence-corrected chi connectivity index (χ3v) is 7.41. The second-order valence-electron chi connectivity index (χ2n) is 8.17. The fraction of sp³-hybridized carbons (Fsp3) is 0.292. The van der Waals surface area contributed by atoms with Crippen molar-refractivity contribution in [1.29, 1.82) is 0 Å². The van der Waals surface area contributed by atoms with Crippen LogP contribution in [-0.4, -0.2) is 28.7 Å². The smallest absolute Gasteiger partial charge is 0.290 e. The molecule has 0 saturated carbocycles. The fourth-order valence-corrected chi connectivity index (χ4v) is 5.92. The van der Waals surface area contributed by atoms with Gasteiger partial charge in [-0.15, -0.1) is 11.3 Å². The predicted molar refractivity (Wildman–Crippen MR) is 121 cm³/mol. The van der Waals surface area contributed by atoms with E-state index < -0.39 is 11.9 Å². The lowest BCUT2D eigenvalue weighted by atomic mass is 9.93. The molecule has 3 N–H and O–H groups in total. The third kappa shape index (κ3) is 3.60. The zero-order valence-electron chi connectivity index (χ0n) is 17.4. The Kier molecular flexibility index (Phi) is 5.30. The molecule has 0 fully saturated rings. The molecule has 7 nitrogen and oxygen atoms in total. The highest BCUT2D eigenvalue weighted by atomic mass is 32.1. The van der Waals surface area contributed by atoms with Crippen molar-refractivity contribution in [3.8, 4) is 0 Å². The van der Waals surface area contributed by atoms with Crippen molar-refractivity contribution in [2.75, 3.05) is 5.32 Å². The van der Waals surface area contributed by atoms with Gasteiger partial charge in [-0.2, -0.15) is 0 Å². The Morgan fingerprint density at radius 2 is 1.84 bits per heavy atom. The summed E-state index contributed by atoms with van der Waals surface area (Å²) in [5.74, 6) is -1.02. The number of nitrogens with two attached hydrogens (primary N) is 1. The van der Waals surface area contributed by atoms with Crippen molar-refractivity contribution in [3.63, 3.8) is 0 Å². The van der Waals surface area contributed by atoms with Gasteiger partial charge < -0.3 is 20.4 Å². The number of anilines is 1. The van der Waals surface area contributed by atoms with Gasteiger partial charge in [0.15, 0.2) is 5.76 Å².